The Labute approximate surface area is 73.9 Å². The van der Waals surface area contributed by atoms with Crippen LogP contribution in [0, 0.1) is 0 Å². The van der Waals surface area contributed by atoms with Gasteiger partial charge in [-0.15, -0.1) is 0 Å². The van der Waals surface area contributed by atoms with Gasteiger partial charge >= 0.3 is 8.80 Å². The van der Waals surface area contributed by atoms with E-state index in [2.05, 4.69) is 0 Å². The number of rotatable bonds is 1. The maximum absolute atomic E-state index is 5.42. The second-order valence-electron chi connectivity index (χ2n) is 2.12. The molecule has 0 atom stereocenters. The van der Waals surface area contributed by atoms with E-state index in [4.69, 9.17) is 20.9 Å². The molecule has 9 heteroatoms. The van der Waals surface area contributed by atoms with Gasteiger partial charge in [-0.2, -0.15) is 0 Å². The molecule has 0 amide bonds. The second kappa shape index (κ2) is 4.63. The summed E-state index contributed by atoms with van der Waals surface area (Å²) in [6.07, 6.45) is 0. The van der Waals surface area contributed by atoms with Crippen LogP contribution < -0.4 is 0 Å². The van der Waals surface area contributed by atoms with E-state index in [-0.39, 0.29) is 0 Å². The first-order valence-corrected chi connectivity index (χ1v) is 8.94. The molecule has 0 N–H and O–H groups in total. The third-order valence-electron chi connectivity index (χ3n) is 1.35. The third-order valence-corrected chi connectivity index (χ3v) is 9.89. The smallest absolute Gasteiger partial charge is 0.425 e. The highest BCUT2D eigenvalue weighted by Gasteiger charge is 2.33. The predicted molar refractivity (Wildman–Crippen MR) is 48.6 cm³/mol. The van der Waals surface area contributed by atoms with Crippen LogP contribution in [0.3, 0.4) is 0 Å². The van der Waals surface area contributed by atoms with Crippen molar-refractivity contribution in [1.29, 1.82) is 0 Å². The summed E-state index contributed by atoms with van der Waals surface area (Å²) in [6.45, 7) is 1.87. The number of hydrogen-bond donors (Lipinski definition) is 0. The molecule has 1 rings (SSSR count). The van der Waals surface area contributed by atoms with Crippen LogP contribution in [0.1, 0.15) is 0 Å². The molecule has 0 aliphatic carbocycles. The maximum Gasteiger partial charge on any atom is 0.478 e. The molecule has 1 saturated heterocycles. The molecule has 5 nitrogen and oxygen atoms in total. The van der Waals surface area contributed by atoms with Crippen LogP contribution in [0.5, 0.6) is 0 Å². The molecule has 1 fully saturated rings. The SMILES string of the molecule is CO[Si]1(C)O[SiH2]O[SiH2]O[SiH2]O1. The summed E-state index contributed by atoms with van der Waals surface area (Å²) < 4.78 is 26.4. The van der Waals surface area contributed by atoms with Gasteiger partial charge in [-0.25, -0.2) is 0 Å². The normalized spacial score (nSPS) is 40.9. The summed E-state index contributed by atoms with van der Waals surface area (Å²) in [7, 11) is -3.24. The summed E-state index contributed by atoms with van der Waals surface area (Å²) >= 11 is 0. The highest BCUT2D eigenvalue weighted by molar-refractivity contribution is 6.69. The Morgan fingerprint density at radius 3 is 2.09 bits per heavy atom. The quantitative estimate of drug-likeness (QED) is 0.456. The van der Waals surface area contributed by atoms with Crippen molar-refractivity contribution in [2.24, 2.45) is 0 Å². The molecule has 0 aromatic heterocycles. The molecular weight excluding hydrogens is 216 g/mol. The Balaban J connectivity index is 2.37. The number of hydrogen-bond acceptors (Lipinski definition) is 5. The molecule has 0 spiro atoms. The van der Waals surface area contributed by atoms with E-state index in [0.29, 0.717) is 0 Å². The standard InChI is InChI=1S/C2H12O5Si4/c1-3-11(2)6-9-4-8-5-10-7-11/h8-10H2,1-2H3. The minimum Gasteiger partial charge on any atom is -0.425 e. The Morgan fingerprint density at radius 2 is 1.64 bits per heavy atom. The van der Waals surface area contributed by atoms with Crippen LogP contribution >= 0.6 is 0 Å². The van der Waals surface area contributed by atoms with Crippen LogP contribution in [0.2, 0.25) is 6.55 Å². The van der Waals surface area contributed by atoms with Crippen molar-refractivity contribution in [3.63, 3.8) is 0 Å². The van der Waals surface area contributed by atoms with Crippen molar-refractivity contribution in [3.8, 4) is 0 Å². The third kappa shape index (κ3) is 3.26. The molecule has 11 heavy (non-hydrogen) atoms. The summed E-state index contributed by atoms with van der Waals surface area (Å²) in [5, 5.41) is 0. The summed E-state index contributed by atoms with van der Waals surface area (Å²) in [6, 6.07) is 0. The van der Waals surface area contributed by atoms with E-state index < -0.39 is 38.8 Å². The van der Waals surface area contributed by atoms with Crippen molar-refractivity contribution < 1.29 is 20.9 Å². The van der Waals surface area contributed by atoms with E-state index in [0.717, 1.165) is 0 Å². The van der Waals surface area contributed by atoms with Crippen molar-refractivity contribution in [3.05, 3.63) is 0 Å². The Kier molecular flexibility index (Phi) is 4.11. The van der Waals surface area contributed by atoms with Gasteiger partial charge in [0.05, 0.1) is 0 Å². The molecule has 0 aromatic carbocycles. The van der Waals surface area contributed by atoms with Gasteiger partial charge in [0.1, 0.15) is 0 Å². The monoisotopic (exact) mass is 228 g/mol. The molecule has 1 aliphatic heterocycles. The van der Waals surface area contributed by atoms with Gasteiger partial charge in [0.25, 0.3) is 30.0 Å². The molecule has 1 aliphatic rings. The Morgan fingerprint density at radius 1 is 1.09 bits per heavy atom. The van der Waals surface area contributed by atoms with Crippen LogP contribution in [0.15, 0.2) is 0 Å². The molecular formula is C2H12O5Si4. The van der Waals surface area contributed by atoms with Gasteiger partial charge in [0, 0.05) is 13.7 Å². The average molecular weight is 228 g/mol. The van der Waals surface area contributed by atoms with E-state index in [1.54, 1.807) is 7.11 Å². The van der Waals surface area contributed by atoms with E-state index in [1.165, 1.54) is 0 Å². The van der Waals surface area contributed by atoms with Crippen LogP contribution in [0.4, 0.5) is 0 Å². The lowest BCUT2D eigenvalue weighted by Crippen LogP contribution is -2.46. The lowest BCUT2D eigenvalue weighted by atomic mass is 11.8. The zero-order valence-electron chi connectivity index (χ0n) is 6.66. The molecule has 66 valence electrons. The lowest BCUT2D eigenvalue weighted by Gasteiger charge is -2.26. The van der Waals surface area contributed by atoms with Crippen LogP contribution in [0.25, 0.3) is 0 Å². The van der Waals surface area contributed by atoms with E-state index in [1.807, 2.05) is 6.55 Å². The Bertz CT molecular complexity index is 113. The van der Waals surface area contributed by atoms with Gasteiger partial charge in [-0.05, 0) is 0 Å². The van der Waals surface area contributed by atoms with Crippen molar-refractivity contribution in [2.45, 2.75) is 6.55 Å². The van der Waals surface area contributed by atoms with Gasteiger partial charge in [0.15, 0.2) is 0 Å². The second-order valence-corrected chi connectivity index (χ2v) is 10.5. The van der Waals surface area contributed by atoms with Crippen LogP contribution in [-0.4, -0.2) is 45.9 Å². The van der Waals surface area contributed by atoms with Crippen LogP contribution in [-0.2, 0) is 20.9 Å². The van der Waals surface area contributed by atoms with Crippen molar-refractivity contribution in [1.82, 2.24) is 0 Å². The van der Waals surface area contributed by atoms with Gasteiger partial charge in [0.2, 0.25) is 0 Å². The highest BCUT2D eigenvalue weighted by Crippen LogP contribution is 2.07. The molecule has 0 aromatic rings. The topological polar surface area (TPSA) is 46.2 Å². The Hall–Kier alpha value is 0.668. The minimum atomic E-state index is -2.30. The maximum atomic E-state index is 5.42. The minimum absolute atomic E-state index is 0.765. The molecule has 0 unspecified atom stereocenters. The first-order valence-electron chi connectivity index (χ1n) is 3.25. The molecule has 0 radical (unpaired) electrons. The zero-order valence-corrected chi connectivity index (χ0v) is 11.9. The fourth-order valence-corrected chi connectivity index (χ4v) is 8.57. The summed E-state index contributed by atoms with van der Waals surface area (Å²) in [5.74, 6) is 0. The summed E-state index contributed by atoms with van der Waals surface area (Å²) in [5.41, 5.74) is 0. The zero-order chi connectivity index (χ0) is 8.16. The summed E-state index contributed by atoms with van der Waals surface area (Å²) in [4.78, 5) is 0. The average Bonchev–Trinajstić information content (AvgIpc) is 1.98. The van der Waals surface area contributed by atoms with E-state index in [9.17, 15) is 0 Å². The van der Waals surface area contributed by atoms with Crippen molar-refractivity contribution in [2.75, 3.05) is 7.11 Å². The van der Waals surface area contributed by atoms with Gasteiger partial charge in [-0.3, -0.25) is 0 Å². The molecule has 1 heterocycles. The van der Waals surface area contributed by atoms with Crippen molar-refractivity contribution >= 4 is 38.8 Å². The van der Waals surface area contributed by atoms with Gasteiger partial charge < -0.3 is 20.9 Å². The lowest BCUT2D eigenvalue weighted by molar-refractivity contribution is 0.190. The largest absolute Gasteiger partial charge is 0.478 e. The fraction of sp³-hybridized carbons (Fsp3) is 1.00. The molecule has 0 bridgehead atoms. The van der Waals surface area contributed by atoms with E-state index >= 15 is 0 Å². The molecule has 0 saturated carbocycles. The first kappa shape index (κ1) is 9.75. The predicted octanol–water partition coefficient (Wildman–Crippen LogP) is -2.72. The first-order chi connectivity index (χ1) is 5.27. The highest BCUT2D eigenvalue weighted by atomic mass is 28.5. The van der Waals surface area contributed by atoms with Gasteiger partial charge in [-0.1, -0.05) is 0 Å². The fourth-order valence-electron chi connectivity index (χ4n) is 0.584.